The van der Waals surface area contributed by atoms with Gasteiger partial charge in [-0.1, -0.05) is 18.2 Å². The number of nitrogens with two attached hydrogens (primary N) is 1. The van der Waals surface area contributed by atoms with E-state index in [4.69, 9.17) is 24.5 Å². The third-order valence-corrected chi connectivity index (χ3v) is 6.87. The number of ether oxygens (including phenoxy) is 3. The van der Waals surface area contributed by atoms with E-state index in [0.29, 0.717) is 42.5 Å². The van der Waals surface area contributed by atoms with Crippen molar-refractivity contribution >= 4 is 24.5 Å². The van der Waals surface area contributed by atoms with E-state index < -0.39 is 13.8 Å². The molecule has 0 bridgehead atoms. The lowest BCUT2D eigenvalue weighted by atomic mass is 10.3. The Hall–Kier alpha value is -2.56. The van der Waals surface area contributed by atoms with E-state index in [1.807, 2.05) is 36.6 Å². The highest BCUT2D eigenvalue weighted by molar-refractivity contribution is 7.57. The number of nitrogens with zero attached hydrogens (tertiary/aromatic N) is 4. The first kappa shape index (κ1) is 23.6. The summed E-state index contributed by atoms with van der Waals surface area (Å²) < 4.78 is 38.7. The van der Waals surface area contributed by atoms with Crippen LogP contribution >= 0.6 is 7.52 Å². The summed E-state index contributed by atoms with van der Waals surface area (Å²) in [5.74, 6) is 0.800. The standard InChI is InChI=1S/C21H29N6O5P/c1-15(11-27-13-25-18-19(22)23-12-24-20(18)27)31-14-33(28,32-17-7-4-3-5-8-17)26-16(2)21-29-9-6-10-30-21/h3-5,7-8,12-13,15-16,21H,6,9-11,14H2,1-2H3,(H,26,28)(H2,22,23,24). The van der Waals surface area contributed by atoms with Crippen LogP contribution in [-0.4, -0.2) is 57.5 Å². The molecule has 178 valence electrons. The van der Waals surface area contributed by atoms with E-state index in [1.54, 1.807) is 18.5 Å². The number of para-hydroxylation sites is 1. The molecular formula is C21H29N6O5P. The van der Waals surface area contributed by atoms with E-state index >= 15 is 0 Å². The molecular weight excluding hydrogens is 447 g/mol. The Morgan fingerprint density at radius 3 is 2.73 bits per heavy atom. The molecule has 3 unspecified atom stereocenters. The number of benzene rings is 1. The maximum atomic E-state index is 13.8. The molecule has 1 aliphatic heterocycles. The molecule has 0 amide bonds. The van der Waals surface area contributed by atoms with Gasteiger partial charge >= 0.3 is 7.52 Å². The van der Waals surface area contributed by atoms with Gasteiger partial charge in [-0.15, -0.1) is 0 Å². The van der Waals surface area contributed by atoms with Crippen LogP contribution in [0.25, 0.3) is 11.2 Å². The maximum Gasteiger partial charge on any atom is 0.342 e. The molecule has 1 aliphatic rings. The Balaban J connectivity index is 1.43. The topological polar surface area (TPSA) is 136 Å². The molecule has 1 aromatic carbocycles. The molecule has 3 heterocycles. The van der Waals surface area contributed by atoms with E-state index in [9.17, 15) is 4.57 Å². The van der Waals surface area contributed by atoms with Gasteiger partial charge in [0.25, 0.3) is 0 Å². The number of nitrogens with one attached hydrogen (secondary N) is 1. The average molecular weight is 476 g/mol. The van der Waals surface area contributed by atoms with Gasteiger partial charge in [-0.05, 0) is 32.4 Å². The first-order valence-electron chi connectivity index (χ1n) is 10.8. The Bertz CT molecular complexity index is 1090. The highest BCUT2D eigenvalue weighted by Crippen LogP contribution is 2.44. The van der Waals surface area contributed by atoms with Crippen molar-refractivity contribution in [3.8, 4) is 5.75 Å². The third kappa shape index (κ3) is 6.07. The Labute approximate surface area is 192 Å². The molecule has 3 atom stereocenters. The zero-order valence-electron chi connectivity index (χ0n) is 18.7. The van der Waals surface area contributed by atoms with Crippen LogP contribution in [0.15, 0.2) is 43.0 Å². The minimum atomic E-state index is -3.47. The number of imidazole rings is 1. The van der Waals surface area contributed by atoms with E-state index in [2.05, 4.69) is 20.0 Å². The number of aromatic nitrogens is 4. The smallest absolute Gasteiger partial charge is 0.342 e. The predicted octanol–water partition coefficient (Wildman–Crippen LogP) is 2.78. The fraction of sp³-hybridized carbons (Fsp3) is 0.476. The Morgan fingerprint density at radius 2 is 1.97 bits per heavy atom. The fourth-order valence-electron chi connectivity index (χ4n) is 3.49. The summed E-state index contributed by atoms with van der Waals surface area (Å²) in [6.45, 7) is 5.35. The number of nitrogen functional groups attached to an aromatic ring is 1. The molecule has 3 aromatic rings. The summed E-state index contributed by atoms with van der Waals surface area (Å²) in [6.07, 6.45) is 2.89. The molecule has 1 fully saturated rings. The van der Waals surface area contributed by atoms with Gasteiger partial charge in [-0.25, -0.2) is 20.0 Å². The zero-order valence-corrected chi connectivity index (χ0v) is 19.6. The van der Waals surface area contributed by atoms with Crippen LogP contribution < -0.4 is 15.3 Å². The van der Waals surface area contributed by atoms with Crippen LogP contribution in [0, 0.1) is 0 Å². The van der Waals surface area contributed by atoms with Gasteiger partial charge in [-0.3, -0.25) is 4.57 Å². The third-order valence-electron chi connectivity index (χ3n) is 5.07. The molecule has 4 rings (SSSR count). The van der Waals surface area contributed by atoms with Crippen molar-refractivity contribution in [1.29, 1.82) is 0 Å². The quantitative estimate of drug-likeness (QED) is 0.420. The van der Waals surface area contributed by atoms with Crippen LogP contribution in [-0.2, 0) is 25.3 Å². The highest BCUT2D eigenvalue weighted by atomic mass is 31.2. The predicted molar refractivity (Wildman–Crippen MR) is 123 cm³/mol. The SMILES string of the molecule is CC(Cn1cnc2c(N)ncnc21)OCP(=O)(NC(C)C1OCCCO1)Oc1ccccc1. The Morgan fingerprint density at radius 1 is 1.21 bits per heavy atom. The maximum absolute atomic E-state index is 13.8. The molecule has 1 saturated heterocycles. The van der Waals surface area contributed by atoms with E-state index in [1.165, 1.54) is 6.33 Å². The van der Waals surface area contributed by atoms with Crippen molar-refractivity contribution in [2.75, 3.05) is 25.3 Å². The summed E-state index contributed by atoms with van der Waals surface area (Å²) in [5, 5.41) is 3.06. The monoisotopic (exact) mass is 476 g/mol. The first-order chi connectivity index (χ1) is 15.9. The van der Waals surface area contributed by atoms with Crippen LogP contribution in [0.4, 0.5) is 5.82 Å². The molecule has 0 aliphatic carbocycles. The second-order valence-electron chi connectivity index (χ2n) is 7.89. The molecule has 2 aromatic heterocycles. The lowest BCUT2D eigenvalue weighted by molar-refractivity contribution is -0.188. The zero-order chi connectivity index (χ0) is 23.3. The van der Waals surface area contributed by atoms with Crippen molar-refractivity contribution in [3.63, 3.8) is 0 Å². The number of fused-ring (bicyclic) bond motifs is 1. The average Bonchev–Trinajstić information content (AvgIpc) is 3.23. The lowest BCUT2D eigenvalue weighted by Crippen LogP contribution is -2.43. The largest absolute Gasteiger partial charge is 0.431 e. The van der Waals surface area contributed by atoms with Gasteiger partial charge in [0, 0.05) is 0 Å². The minimum absolute atomic E-state index is 0.149. The molecule has 0 saturated carbocycles. The van der Waals surface area contributed by atoms with Crippen LogP contribution in [0.1, 0.15) is 20.3 Å². The summed E-state index contributed by atoms with van der Waals surface area (Å²) >= 11 is 0. The van der Waals surface area contributed by atoms with Gasteiger partial charge < -0.3 is 29.0 Å². The van der Waals surface area contributed by atoms with E-state index in [-0.39, 0.29) is 18.5 Å². The molecule has 3 N–H and O–H groups in total. The highest BCUT2D eigenvalue weighted by Gasteiger charge is 2.33. The summed E-state index contributed by atoms with van der Waals surface area (Å²) in [4.78, 5) is 12.5. The fourth-order valence-corrected chi connectivity index (χ4v) is 5.33. The summed E-state index contributed by atoms with van der Waals surface area (Å²) in [6, 6.07) is 8.63. The molecule has 33 heavy (non-hydrogen) atoms. The number of rotatable bonds is 10. The lowest BCUT2D eigenvalue weighted by Gasteiger charge is -2.31. The molecule has 11 nitrogen and oxygen atoms in total. The second-order valence-corrected chi connectivity index (χ2v) is 9.94. The van der Waals surface area contributed by atoms with Crippen molar-refractivity contribution < 1.29 is 23.3 Å². The van der Waals surface area contributed by atoms with Gasteiger partial charge in [0.05, 0.1) is 38.2 Å². The summed E-state index contributed by atoms with van der Waals surface area (Å²) in [7, 11) is -3.47. The minimum Gasteiger partial charge on any atom is -0.431 e. The van der Waals surface area contributed by atoms with E-state index in [0.717, 1.165) is 6.42 Å². The molecule has 0 radical (unpaired) electrons. The molecule has 0 spiro atoms. The van der Waals surface area contributed by atoms with Crippen molar-refractivity contribution in [2.45, 2.75) is 45.2 Å². The number of hydrogen-bond acceptors (Lipinski definition) is 9. The van der Waals surface area contributed by atoms with Gasteiger partial charge in [0.2, 0.25) is 0 Å². The van der Waals surface area contributed by atoms with Gasteiger partial charge in [-0.2, -0.15) is 0 Å². The second kappa shape index (κ2) is 10.6. The van der Waals surface area contributed by atoms with Crippen molar-refractivity contribution in [3.05, 3.63) is 43.0 Å². The van der Waals surface area contributed by atoms with Gasteiger partial charge in [0.15, 0.2) is 17.8 Å². The first-order valence-corrected chi connectivity index (χ1v) is 12.6. The Kier molecular flexibility index (Phi) is 7.56. The normalized spacial score (nSPS) is 18.6. The van der Waals surface area contributed by atoms with Crippen LogP contribution in [0.3, 0.4) is 0 Å². The van der Waals surface area contributed by atoms with Crippen LogP contribution in [0.2, 0.25) is 0 Å². The van der Waals surface area contributed by atoms with Crippen molar-refractivity contribution in [2.24, 2.45) is 0 Å². The van der Waals surface area contributed by atoms with Crippen molar-refractivity contribution in [1.82, 2.24) is 24.6 Å². The number of hydrogen-bond donors (Lipinski definition) is 2. The van der Waals surface area contributed by atoms with Gasteiger partial charge in [0.1, 0.15) is 23.9 Å². The number of anilines is 1. The molecule has 12 heteroatoms. The summed E-state index contributed by atoms with van der Waals surface area (Å²) in [5.41, 5.74) is 7.00. The van der Waals surface area contributed by atoms with Crippen LogP contribution in [0.5, 0.6) is 5.75 Å².